The Morgan fingerprint density at radius 3 is 1.16 bits per heavy atom. The van der Waals surface area contributed by atoms with Gasteiger partial charge >= 0.3 is 5.97 Å². The van der Waals surface area contributed by atoms with E-state index in [0.717, 1.165) is 116 Å². The Bertz CT molecular complexity index is 1910. The molecule has 0 bridgehead atoms. The lowest BCUT2D eigenvalue weighted by Gasteiger charge is -2.41. The molecule has 0 aromatic rings. The van der Waals surface area contributed by atoms with Crippen LogP contribution in [0.4, 0.5) is 0 Å². The van der Waals surface area contributed by atoms with E-state index in [2.05, 4.69) is 111 Å². The molecule has 0 aromatic carbocycles. The van der Waals surface area contributed by atoms with Gasteiger partial charge in [0.1, 0.15) is 24.4 Å². The Hall–Kier alpha value is -3.42. The smallest absolute Gasteiger partial charge is 0.306 e. The van der Waals surface area contributed by atoms with Gasteiger partial charge in [-0.05, 0) is 103 Å². The standard InChI is InChI=1S/C83H147NO10/c1-4-7-10-13-16-19-22-25-27-29-31-33-35-37-39-41-43-45-47-49-51-53-56-59-62-65-68-71-78(88)94-81-80(90)79(89)77(72-85)93-83(81)92-73-74(75(86)69-66-63-60-57-54-24-21-18-15-12-9-6-3)84-82(91)76(87)70-67-64-61-58-55-52-50-48-46-44-42-40-38-36-34-32-30-28-26-23-20-17-14-11-8-5-2/h8,11,17,20,25-28,32,34,38,40,44,46,66,69,74-77,79-81,83,85-87,89-90H,4-7,9-10,12-16,18-19,21-24,29-31,33,35-37,39,41-43,45,47-65,67-68,70-73H2,1-3H3,(H,84,91)/b11-8-,20-17-,27-25+,28-26-,34-32-,40-38-,46-44-,69-66+. The number of allylic oxidation sites excluding steroid dienone is 15. The molecule has 1 amide bonds. The van der Waals surface area contributed by atoms with Gasteiger partial charge in [-0.3, -0.25) is 9.59 Å². The molecular formula is C83H147NO10. The number of esters is 1. The highest BCUT2D eigenvalue weighted by molar-refractivity contribution is 5.80. The van der Waals surface area contributed by atoms with Crippen LogP contribution in [0.25, 0.3) is 0 Å². The minimum absolute atomic E-state index is 0.122. The zero-order valence-electron chi connectivity index (χ0n) is 60.8. The van der Waals surface area contributed by atoms with Gasteiger partial charge in [0.05, 0.1) is 25.4 Å². The first-order valence-corrected chi connectivity index (χ1v) is 39.5. The summed E-state index contributed by atoms with van der Waals surface area (Å²) in [7, 11) is 0. The third kappa shape index (κ3) is 55.6. The van der Waals surface area contributed by atoms with E-state index in [-0.39, 0.29) is 19.4 Å². The number of ether oxygens (including phenoxy) is 3. The first kappa shape index (κ1) is 88.6. The second kappa shape index (κ2) is 69.5. The van der Waals surface area contributed by atoms with Gasteiger partial charge in [-0.2, -0.15) is 0 Å². The van der Waals surface area contributed by atoms with E-state index in [0.29, 0.717) is 12.8 Å². The van der Waals surface area contributed by atoms with Crippen LogP contribution in [0.5, 0.6) is 0 Å². The van der Waals surface area contributed by atoms with Gasteiger partial charge in [0.15, 0.2) is 12.4 Å². The van der Waals surface area contributed by atoms with E-state index < -0.39 is 67.4 Å². The zero-order chi connectivity index (χ0) is 68.1. The van der Waals surface area contributed by atoms with Crippen LogP contribution in [0, 0.1) is 0 Å². The molecule has 544 valence electrons. The van der Waals surface area contributed by atoms with Crippen LogP contribution >= 0.6 is 0 Å². The summed E-state index contributed by atoms with van der Waals surface area (Å²) in [5.41, 5.74) is 0. The summed E-state index contributed by atoms with van der Waals surface area (Å²) < 4.78 is 17.7. The minimum Gasteiger partial charge on any atom is -0.454 e. The molecule has 6 N–H and O–H groups in total. The highest BCUT2D eigenvalue weighted by Gasteiger charge is 2.47. The predicted molar refractivity (Wildman–Crippen MR) is 398 cm³/mol. The summed E-state index contributed by atoms with van der Waals surface area (Å²) in [6.07, 6.45) is 84.6. The molecule has 0 aromatic heterocycles. The van der Waals surface area contributed by atoms with E-state index in [4.69, 9.17) is 14.2 Å². The average Bonchev–Trinajstić information content (AvgIpc) is 0.828. The summed E-state index contributed by atoms with van der Waals surface area (Å²) in [5, 5.41) is 57.4. The molecule has 1 aliphatic heterocycles. The summed E-state index contributed by atoms with van der Waals surface area (Å²) in [4.78, 5) is 26.8. The summed E-state index contributed by atoms with van der Waals surface area (Å²) in [6.45, 7) is 5.71. The number of aliphatic hydroxyl groups excluding tert-OH is 5. The lowest BCUT2D eigenvalue weighted by atomic mass is 9.99. The SMILES string of the molecule is CC/C=C\C/C=C\C/C=C\C/C=C\C/C=C\C/C=C\CCCCCCCCCC(O)C(=O)NC(COC1OC(CO)C(O)C(O)C1OC(=O)CCCCCCCCCCCCCCCCCCC/C=C/CCCCCCCC)C(O)/C=C/CCCCCCCCCCCC. The fourth-order valence-electron chi connectivity index (χ4n) is 12.1. The maximum atomic E-state index is 13.5. The van der Waals surface area contributed by atoms with Crippen LogP contribution in [0.15, 0.2) is 97.2 Å². The normalized spacial score (nSPS) is 18.3. The average molecular weight is 1320 g/mol. The maximum Gasteiger partial charge on any atom is 0.306 e. The number of aliphatic hydroxyl groups is 5. The van der Waals surface area contributed by atoms with Gasteiger partial charge in [-0.25, -0.2) is 0 Å². The number of rotatable bonds is 68. The minimum atomic E-state index is -1.62. The first-order chi connectivity index (χ1) is 46.2. The van der Waals surface area contributed by atoms with Crippen molar-refractivity contribution in [2.75, 3.05) is 13.2 Å². The van der Waals surface area contributed by atoms with Gasteiger partial charge in [0, 0.05) is 6.42 Å². The van der Waals surface area contributed by atoms with Crippen molar-refractivity contribution >= 4 is 11.9 Å². The third-order valence-corrected chi connectivity index (χ3v) is 18.2. The second-order valence-electron chi connectivity index (χ2n) is 27.1. The summed E-state index contributed by atoms with van der Waals surface area (Å²) in [5.74, 6) is -1.20. The van der Waals surface area contributed by atoms with Crippen molar-refractivity contribution in [3.8, 4) is 0 Å². The molecule has 0 radical (unpaired) electrons. The van der Waals surface area contributed by atoms with Crippen LogP contribution < -0.4 is 5.32 Å². The summed E-state index contributed by atoms with van der Waals surface area (Å²) in [6, 6.07) is -1.03. The highest BCUT2D eigenvalue weighted by Crippen LogP contribution is 2.27. The Kier molecular flexibility index (Phi) is 65.5. The van der Waals surface area contributed by atoms with E-state index in [1.165, 1.54) is 193 Å². The lowest BCUT2D eigenvalue weighted by molar-refractivity contribution is -0.305. The van der Waals surface area contributed by atoms with Crippen molar-refractivity contribution in [3.05, 3.63) is 97.2 Å². The van der Waals surface area contributed by atoms with E-state index in [1.54, 1.807) is 6.08 Å². The number of amides is 1. The molecule has 1 saturated heterocycles. The molecule has 1 heterocycles. The van der Waals surface area contributed by atoms with Crippen molar-refractivity contribution in [1.29, 1.82) is 0 Å². The van der Waals surface area contributed by atoms with E-state index in [9.17, 15) is 35.1 Å². The van der Waals surface area contributed by atoms with Crippen molar-refractivity contribution < 1.29 is 49.3 Å². The van der Waals surface area contributed by atoms with Crippen molar-refractivity contribution in [2.24, 2.45) is 0 Å². The lowest BCUT2D eigenvalue weighted by Crippen LogP contribution is -2.61. The molecule has 1 fully saturated rings. The molecule has 0 saturated carbocycles. The molecule has 11 heteroatoms. The van der Waals surface area contributed by atoms with Gasteiger partial charge in [0.2, 0.25) is 5.91 Å². The number of carbonyl (C=O) groups is 2. The largest absolute Gasteiger partial charge is 0.454 e. The maximum absolute atomic E-state index is 13.5. The molecule has 94 heavy (non-hydrogen) atoms. The molecule has 8 unspecified atom stereocenters. The van der Waals surface area contributed by atoms with Crippen molar-refractivity contribution in [2.45, 2.75) is 404 Å². The fourth-order valence-corrected chi connectivity index (χ4v) is 12.1. The second-order valence-corrected chi connectivity index (χ2v) is 27.1. The first-order valence-electron chi connectivity index (χ1n) is 39.5. The van der Waals surface area contributed by atoms with Gasteiger partial charge < -0.3 is 45.1 Å². The van der Waals surface area contributed by atoms with Crippen molar-refractivity contribution in [3.63, 3.8) is 0 Å². The number of hydrogen-bond donors (Lipinski definition) is 6. The quantitative estimate of drug-likeness (QED) is 0.0195. The number of unbranched alkanes of at least 4 members (excludes halogenated alkanes) is 40. The Morgan fingerprint density at radius 1 is 0.426 bits per heavy atom. The number of carbonyl (C=O) groups excluding carboxylic acids is 2. The highest BCUT2D eigenvalue weighted by atomic mass is 16.7. The van der Waals surface area contributed by atoms with Gasteiger partial charge in [-0.15, -0.1) is 0 Å². The van der Waals surface area contributed by atoms with Crippen molar-refractivity contribution in [1.82, 2.24) is 5.32 Å². The molecule has 0 aliphatic carbocycles. The van der Waals surface area contributed by atoms with Crippen LogP contribution in [-0.4, -0.2) is 99.6 Å². The molecule has 8 atom stereocenters. The Labute approximate surface area is 577 Å². The van der Waals surface area contributed by atoms with E-state index in [1.807, 2.05) is 6.08 Å². The van der Waals surface area contributed by atoms with E-state index >= 15 is 0 Å². The predicted octanol–water partition coefficient (Wildman–Crippen LogP) is 21.4. The van der Waals surface area contributed by atoms with Crippen LogP contribution in [0.1, 0.15) is 355 Å². The molecule has 0 spiro atoms. The molecule has 1 rings (SSSR count). The molecule has 11 nitrogen and oxygen atoms in total. The van der Waals surface area contributed by atoms with Gasteiger partial charge in [-0.1, -0.05) is 343 Å². The Balaban J connectivity index is 2.51. The zero-order valence-corrected chi connectivity index (χ0v) is 60.8. The number of hydrogen-bond acceptors (Lipinski definition) is 10. The summed E-state index contributed by atoms with van der Waals surface area (Å²) >= 11 is 0. The van der Waals surface area contributed by atoms with Crippen LogP contribution in [0.2, 0.25) is 0 Å². The van der Waals surface area contributed by atoms with Crippen LogP contribution in [0.3, 0.4) is 0 Å². The number of nitrogens with one attached hydrogen (secondary N) is 1. The third-order valence-electron chi connectivity index (χ3n) is 18.2. The molecule has 1 aliphatic rings. The topological polar surface area (TPSA) is 175 Å². The van der Waals surface area contributed by atoms with Crippen LogP contribution in [-0.2, 0) is 23.8 Å². The Morgan fingerprint density at radius 2 is 0.766 bits per heavy atom. The monoisotopic (exact) mass is 1320 g/mol. The van der Waals surface area contributed by atoms with Gasteiger partial charge in [0.25, 0.3) is 0 Å². The molecular weight excluding hydrogens is 1170 g/mol. The fraction of sp³-hybridized carbons (Fsp3) is 0.783.